The Labute approximate surface area is 248 Å². The van der Waals surface area contributed by atoms with Crippen LogP contribution in [-0.2, 0) is 6.18 Å². The topological polar surface area (TPSA) is 97.5 Å². The van der Waals surface area contributed by atoms with Crippen molar-refractivity contribution >= 4 is 28.8 Å². The monoisotopic (exact) mass is 621 g/mol. The molecule has 2 N–H and O–H groups in total. The van der Waals surface area contributed by atoms with Crippen LogP contribution in [0.3, 0.4) is 0 Å². The summed E-state index contributed by atoms with van der Waals surface area (Å²) in [5.74, 6) is -3.98. The maximum absolute atomic E-state index is 16.5. The van der Waals surface area contributed by atoms with Crippen LogP contribution in [0, 0.1) is 17.5 Å². The quantitative estimate of drug-likeness (QED) is 0.400. The highest BCUT2D eigenvalue weighted by atomic mass is 19.4. The molecule has 9 nitrogen and oxygen atoms in total. The molecule has 0 bridgehead atoms. The molecule has 1 amide bonds. The Hall–Kier alpha value is -4.40. The number of pyridine rings is 1. The van der Waals surface area contributed by atoms with Gasteiger partial charge in [-0.2, -0.15) is 13.2 Å². The number of anilines is 3. The predicted octanol–water partition coefficient (Wildman–Crippen LogP) is 4.68. The van der Waals surface area contributed by atoms with Crippen molar-refractivity contribution < 1.29 is 31.1 Å². The first-order valence-electron chi connectivity index (χ1n) is 13.8. The number of alkyl halides is 3. The molecular weight excluding hydrogens is 592 g/mol. The van der Waals surface area contributed by atoms with Gasteiger partial charge in [0, 0.05) is 56.6 Å². The smallest absolute Gasteiger partial charge is 0.367 e. The van der Waals surface area contributed by atoms with Gasteiger partial charge in [0.25, 0.3) is 5.91 Å². The van der Waals surface area contributed by atoms with Crippen molar-refractivity contribution in [3.63, 3.8) is 0 Å². The van der Waals surface area contributed by atoms with Gasteiger partial charge in [-0.15, -0.1) is 0 Å². The molecule has 2 aliphatic rings. The maximum atomic E-state index is 16.5. The van der Waals surface area contributed by atoms with E-state index in [0.29, 0.717) is 32.3 Å². The van der Waals surface area contributed by atoms with Crippen molar-refractivity contribution in [2.45, 2.75) is 38.5 Å². The number of aromatic nitrogens is 3. The van der Waals surface area contributed by atoms with Crippen LogP contribution in [-0.4, -0.2) is 71.1 Å². The molecule has 0 radical (unpaired) electrons. The molecule has 2 aromatic heterocycles. The lowest BCUT2D eigenvalue weighted by atomic mass is 9.97. The number of hydrogen-bond donors (Lipinski definition) is 2. The van der Waals surface area contributed by atoms with Gasteiger partial charge in [-0.25, -0.2) is 23.1 Å². The third-order valence-electron chi connectivity index (χ3n) is 7.97. The molecule has 2 atom stereocenters. The largest absolute Gasteiger partial charge is 0.417 e. The first kappa shape index (κ1) is 31.0. The fraction of sp³-hybridized carbons (Fsp3) is 0.379. The maximum Gasteiger partial charge on any atom is 0.417 e. The van der Waals surface area contributed by atoms with E-state index in [-0.39, 0.29) is 41.9 Å². The van der Waals surface area contributed by atoms with Gasteiger partial charge in [-0.1, -0.05) is 6.08 Å². The van der Waals surface area contributed by atoms with Crippen LogP contribution in [0.15, 0.2) is 41.6 Å². The zero-order valence-electron chi connectivity index (χ0n) is 24.0. The number of nitrogens with zero attached hydrogens (tertiary/aromatic N) is 5. The van der Waals surface area contributed by atoms with E-state index in [1.54, 1.807) is 15.9 Å². The Balaban J connectivity index is 1.59. The number of rotatable bonds is 5. The molecule has 3 aromatic rings. The molecule has 4 heterocycles. The summed E-state index contributed by atoms with van der Waals surface area (Å²) >= 11 is 0. The van der Waals surface area contributed by atoms with E-state index < -0.39 is 57.5 Å². The lowest BCUT2D eigenvalue weighted by molar-refractivity contribution is -0.138. The third-order valence-corrected chi connectivity index (χ3v) is 7.97. The summed E-state index contributed by atoms with van der Waals surface area (Å²) in [4.78, 5) is 40.2. The standard InChI is InChI=1S/C29H29F6N7O2/c1-15-12-42(13-16(2)40(15)3)22-8-21(31)24(17-5-4-6-41(14-17)28-37-9-18(30)10-38-28)25(32)26(22)39-27(44)19-11-36-23(43)7-20(19)29(33,34)35/h5,7-11,15-16H,4,6,12-14H2,1-3H3,(H,36,43)(H,39,44). The lowest BCUT2D eigenvalue weighted by Crippen LogP contribution is -2.55. The van der Waals surface area contributed by atoms with Gasteiger partial charge in [0.2, 0.25) is 11.5 Å². The first-order valence-corrected chi connectivity index (χ1v) is 13.8. The SMILES string of the molecule is CC1CN(c2cc(F)c(C3=CCCN(c4ncc(F)cn4)C3)c(F)c2NC(=O)c2c[nH]c(=O)cc2C(F)(F)F)CC(C)N1C. The predicted molar refractivity (Wildman–Crippen MR) is 152 cm³/mol. The third kappa shape index (κ3) is 6.14. The summed E-state index contributed by atoms with van der Waals surface area (Å²) in [5, 5.41) is 2.26. The molecule has 44 heavy (non-hydrogen) atoms. The Bertz CT molecular complexity index is 1650. The summed E-state index contributed by atoms with van der Waals surface area (Å²) < 4.78 is 87.0. The highest BCUT2D eigenvalue weighted by Gasteiger charge is 2.37. The number of nitrogens with one attached hydrogen (secondary N) is 2. The zero-order valence-corrected chi connectivity index (χ0v) is 24.0. The summed E-state index contributed by atoms with van der Waals surface area (Å²) in [6.45, 7) is 4.77. The second kappa shape index (κ2) is 11.9. The fourth-order valence-corrected chi connectivity index (χ4v) is 5.51. The molecule has 1 aromatic carbocycles. The van der Waals surface area contributed by atoms with Gasteiger partial charge in [0.15, 0.2) is 11.6 Å². The van der Waals surface area contributed by atoms with Gasteiger partial charge < -0.3 is 20.1 Å². The minimum atomic E-state index is -5.06. The number of hydrogen-bond acceptors (Lipinski definition) is 7. The van der Waals surface area contributed by atoms with Crippen molar-refractivity contribution in [1.29, 1.82) is 0 Å². The molecule has 15 heteroatoms. The first-order chi connectivity index (χ1) is 20.7. The van der Waals surface area contributed by atoms with E-state index in [4.69, 9.17) is 0 Å². The van der Waals surface area contributed by atoms with Crippen molar-refractivity contribution in [3.8, 4) is 0 Å². The van der Waals surface area contributed by atoms with E-state index in [1.165, 1.54) is 0 Å². The van der Waals surface area contributed by atoms with Gasteiger partial charge in [0.05, 0.1) is 34.8 Å². The highest BCUT2D eigenvalue weighted by Crippen LogP contribution is 2.39. The van der Waals surface area contributed by atoms with E-state index in [9.17, 15) is 27.2 Å². The van der Waals surface area contributed by atoms with Crippen molar-refractivity contribution in [3.05, 3.63) is 81.3 Å². The molecule has 0 saturated carbocycles. The normalized spacial score (nSPS) is 19.6. The molecule has 0 aliphatic carbocycles. The number of benzene rings is 1. The highest BCUT2D eigenvalue weighted by molar-refractivity contribution is 6.07. The number of carbonyl (C=O) groups is 1. The fourth-order valence-electron chi connectivity index (χ4n) is 5.51. The van der Waals surface area contributed by atoms with Crippen molar-refractivity contribution in [2.24, 2.45) is 0 Å². The number of amides is 1. The molecular formula is C29H29F6N7O2. The summed E-state index contributed by atoms with van der Waals surface area (Å²) in [6.07, 6.45) is -0.583. The Morgan fingerprint density at radius 2 is 1.70 bits per heavy atom. The molecule has 0 spiro atoms. The Morgan fingerprint density at radius 3 is 2.34 bits per heavy atom. The molecule has 2 aliphatic heterocycles. The average Bonchev–Trinajstić information content (AvgIpc) is 2.97. The van der Waals surface area contributed by atoms with Gasteiger partial charge in [-0.3, -0.25) is 14.5 Å². The van der Waals surface area contributed by atoms with Crippen molar-refractivity contribution in [1.82, 2.24) is 19.9 Å². The van der Waals surface area contributed by atoms with Crippen LogP contribution >= 0.6 is 0 Å². The molecule has 234 valence electrons. The second-order valence-electron chi connectivity index (χ2n) is 10.9. The summed E-state index contributed by atoms with van der Waals surface area (Å²) in [6, 6.07) is 1.18. The number of H-pyrrole nitrogens is 1. The van der Waals surface area contributed by atoms with Crippen LogP contribution in [0.2, 0.25) is 0 Å². The van der Waals surface area contributed by atoms with E-state index in [0.717, 1.165) is 18.5 Å². The Morgan fingerprint density at radius 1 is 1.05 bits per heavy atom. The summed E-state index contributed by atoms with van der Waals surface area (Å²) in [7, 11) is 1.90. The molecule has 1 fully saturated rings. The van der Waals surface area contributed by atoms with Gasteiger partial charge in [0.1, 0.15) is 11.5 Å². The van der Waals surface area contributed by atoms with Gasteiger partial charge in [-0.05, 0) is 32.9 Å². The van der Waals surface area contributed by atoms with E-state index in [2.05, 4.69) is 20.2 Å². The Kier molecular flexibility index (Phi) is 8.42. The van der Waals surface area contributed by atoms with Crippen molar-refractivity contribution in [2.75, 3.05) is 48.3 Å². The number of likely N-dealkylation sites (N-methyl/N-ethyl adjacent to an activating group) is 1. The molecule has 2 unspecified atom stereocenters. The van der Waals surface area contributed by atoms with E-state index in [1.807, 2.05) is 25.9 Å². The van der Waals surface area contributed by atoms with Gasteiger partial charge >= 0.3 is 6.18 Å². The number of piperazine rings is 1. The van der Waals surface area contributed by atoms with Crippen LogP contribution in [0.25, 0.3) is 5.57 Å². The lowest BCUT2D eigenvalue weighted by Gasteiger charge is -2.44. The van der Waals surface area contributed by atoms with Crippen LogP contribution in [0.4, 0.5) is 43.7 Å². The second-order valence-corrected chi connectivity index (χ2v) is 10.9. The number of aromatic amines is 1. The molecule has 1 saturated heterocycles. The van der Waals surface area contributed by atoms with Crippen LogP contribution < -0.4 is 20.7 Å². The zero-order chi connectivity index (χ0) is 31.9. The minimum Gasteiger partial charge on any atom is -0.367 e. The summed E-state index contributed by atoms with van der Waals surface area (Å²) in [5.41, 5.74) is -4.38. The van der Waals surface area contributed by atoms with Crippen LogP contribution in [0.5, 0.6) is 0 Å². The minimum absolute atomic E-state index is 0.0444. The van der Waals surface area contributed by atoms with Crippen LogP contribution in [0.1, 0.15) is 41.8 Å². The molecule has 5 rings (SSSR count). The number of halogens is 6. The van der Waals surface area contributed by atoms with E-state index >= 15 is 8.78 Å². The average molecular weight is 622 g/mol. The number of carbonyl (C=O) groups excluding carboxylic acids is 1.